The Kier molecular flexibility index (Phi) is 4.18. The standard InChI is InChI=1S/C16H17NO2/c1-12-3-5-13(6-4-12)16(18)11-17-14-7-9-15(19-2)10-8-14/h3-10,17H,11H2,1-2H3. The summed E-state index contributed by atoms with van der Waals surface area (Å²) in [6, 6.07) is 15.1. The van der Waals surface area contributed by atoms with E-state index in [0.717, 1.165) is 22.6 Å². The van der Waals surface area contributed by atoms with Gasteiger partial charge in [-0.1, -0.05) is 29.8 Å². The summed E-state index contributed by atoms with van der Waals surface area (Å²) in [4.78, 5) is 12.0. The average Bonchev–Trinajstić information content (AvgIpc) is 2.46. The molecule has 0 heterocycles. The first-order valence-electron chi connectivity index (χ1n) is 6.17. The van der Waals surface area contributed by atoms with Crippen LogP contribution in [0.3, 0.4) is 0 Å². The van der Waals surface area contributed by atoms with Gasteiger partial charge in [-0.05, 0) is 31.2 Å². The van der Waals surface area contributed by atoms with Crippen molar-refractivity contribution in [1.29, 1.82) is 0 Å². The first-order chi connectivity index (χ1) is 9.19. The maximum absolute atomic E-state index is 12.0. The molecule has 0 radical (unpaired) electrons. The van der Waals surface area contributed by atoms with Crippen LogP contribution < -0.4 is 10.1 Å². The summed E-state index contributed by atoms with van der Waals surface area (Å²) in [5.74, 6) is 0.881. The summed E-state index contributed by atoms with van der Waals surface area (Å²) >= 11 is 0. The number of methoxy groups -OCH3 is 1. The quantitative estimate of drug-likeness (QED) is 0.833. The molecule has 98 valence electrons. The van der Waals surface area contributed by atoms with Crippen molar-refractivity contribution >= 4 is 11.5 Å². The molecule has 0 unspecified atom stereocenters. The second-order valence-corrected chi connectivity index (χ2v) is 4.37. The number of hydrogen-bond acceptors (Lipinski definition) is 3. The number of ether oxygens (including phenoxy) is 1. The van der Waals surface area contributed by atoms with E-state index >= 15 is 0 Å². The Morgan fingerprint density at radius 3 is 2.26 bits per heavy atom. The predicted octanol–water partition coefficient (Wildman–Crippen LogP) is 3.30. The Labute approximate surface area is 113 Å². The molecule has 2 rings (SSSR count). The zero-order valence-corrected chi connectivity index (χ0v) is 11.1. The zero-order chi connectivity index (χ0) is 13.7. The summed E-state index contributed by atoms with van der Waals surface area (Å²) in [7, 11) is 1.63. The number of Topliss-reactive ketones (excluding diaryl/α,β-unsaturated/α-hetero) is 1. The SMILES string of the molecule is COc1ccc(NCC(=O)c2ccc(C)cc2)cc1. The molecule has 0 spiro atoms. The smallest absolute Gasteiger partial charge is 0.181 e. The second-order valence-electron chi connectivity index (χ2n) is 4.37. The van der Waals surface area contributed by atoms with Crippen molar-refractivity contribution in [1.82, 2.24) is 0 Å². The van der Waals surface area contributed by atoms with Crippen LogP contribution in [0.25, 0.3) is 0 Å². The lowest BCUT2D eigenvalue weighted by Gasteiger charge is -2.07. The van der Waals surface area contributed by atoms with Crippen LogP contribution in [-0.2, 0) is 0 Å². The Morgan fingerprint density at radius 1 is 1.05 bits per heavy atom. The first-order valence-corrected chi connectivity index (χ1v) is 6.17. The van der Waals surface area contributed by atoms with Crippen molar-refractivity contribution in [3.8, 4) is 5.75 Å². The highest BCUT2D eigenvalue weighted by Crippen LogP contribution is 2.15. The number of carbonyl (C=O) groups is 1. The highest BCUT2D eigenvalue weighted by atomic mass is 16.5. The van der Waals surface area contributed by atoms with E-state index in [2.05, 4.69) is 5.32 Å². The van der Waals surface area contributed by atoms with Gasteiger partial charge in [0.1, 0.15) is 5.75 Å². The van der Waals surface area contributed by atoms with E-state index in [4.69, 9.17) is 4.74 Å². The third-order valence-electron chi connectivity index (χ3n) is 2.92. The Hall–Kier alpha value is -2.29. The number of ketones is 1. The van der Waals surface area contributed by atoms with Crippen molar-refractivity contribution < 1.29 is 9.53 Å². The molecule has 0 aliphatic heterocycles. The molecule has 2 aromatic carbocycles. The van der Waals surface area contributed by atoms with Crippen molar-refractivity contribution in [2.75, 3.05) is 19.0 Å². The fourth-order valence-electron chi connectivity index (χ4n) is 1.73. The minimum Gasteiger partial charge on any atom is -0.497 e. The minimum absolute atomic E-state index is 0.0795. The Bertz CT molecular complexity index is 544. The normalized spacial score (nSPS) is 10.0. The van der Waals surface area contributed by atoms with E-state index in [9.17, 15) is 4.79 Å². The van der Waals surface area contributed by atoms with E-state index < -0.39 is 0 Å². The summed E-state index contributed by atoms with van der Waals surface area (Å²) in [6.45, 7) is 2.29. The van der Waals surface area contributed by atoms with Gasteiger partial charge in [-0.3, -0.25) is 4.79 Å². The van der Waals surface area contributed by atoms with Crippen LogP contribution >= 0.6 is 0 Å². The molecule has 1 N–H and O–H groups in total. The maximum atomic E-state index is 12.0. The molecule has 0 fully saturated rings. The van der Waals surface area contributed by atoms with E-state index in [-0.39, 0.29) is 12.3 Å². The number of rotatable bonds is 5. The Morgan fingerprint density at radius 2 is 1.68 bits per heavy atom. The number of hydrogen-bond donors (Lipinski definition) is 1. The molecule has 0 aliphatic carbocycles. The summed E-state index contributed by atoms with van der Waals surface area (Å²) < 4.78 is 5.08. The Balaban J connectivity index is 1.94. The lowest BCUT2D eigenvalue weighted by atomic mass is 10.1. The minimum atomic E-state index is 0.0795. The van der Waals surface area contributed by atoms with Gasteiger partial charge in [0.25, 0.3) is 0 Å². The van der Waals surface area contributed by atoms with E-state index in [1.54, 1.807) is 7.11 Å². The number of carbonyl (C=O) groups excluding carboxylic acids is 1. The van der Waals surface area contributed by atoms with Crippen molar-refractivity contribution in [3.63, 3.8) is 0 Å². The molecule has 0 atom stereocenters. The van der Waals surface area contributed by atoms with Gasteiger partial charge in [-0.2, -0.15) is 0 Å². The number of anilines is 1. The molecular formula is C16H17NO2. The fraction of sp³-hybridized carbons (Fsp3) is 0.188. The molecule has 19 heavy (non-hydrogen) atoms. The largest absolute Gasteiger partial charge is 0.497 e. The first kappa shape index (κ1) is 13.1. The molecule has 0 aromatic heterocycles. The maximum Gasteiger partial charge on any atom is 0.181 e. The molecule has 2 aromatic rings. The van der Waals surface area contributed by atoms with Crippen LogP contribution in [0.15, 0.2) is 48.5 Å². The number of nitrogens with one attached hydrogen (secondary N) is 1. The summed E-state index contributed by atoms with van der Waals surface area (Å²) in [5, 5.41) is 3.10. The molecule has 0 amide bonds. The van der Waals surface area contributed by atoms with E-state index in [0.29, 0.717) is 0 Å². The number of benzene rings is 2. The molecule has 0 aliphatic rings. The second kappa shape index (κ2) is 6.05. The molecule has 3 nitrogen and oxygen atoms in total. The van der Waals surface area contributed by atoms with E-state index in [1.807, 2.05) is 55.5 Å². The van der Waals surface area contributed by atoms with E-state index in [1.165, 1.54) is 0 Å². The summed E-state index contributed by atoms with van der Waals surface area (Å²) in [5.41, 5.74) is 2.78. The third kappa shape index (κ3) is 3.58. The molecule has 0 saturated carbocycles. The average molecular weight is 255 g/mol. The highest BCUT2D eigenvalue weighted by molar-refractivity contribution is 5.98. The molecule has 0 bridgehead atoms. The van der Waals surface area contributed by atoms with Gasteiger partial charge in [0, 0.05) is 11.3 Å². The van der Waals surface area contributed by atoms with Gasteiger partial charge in [-0.15, -0.1) is 0 Å². The monoisotopic (exact) mass is 255 g/mol. The topological polar surface area (TPSA) is 38.3 Å². The predicted molar refractivity (Wildman–Crippen MR) is 77.0 cm³/mol. The van der Waals surface area contributed by atoms with Gasteiger partial charge in [0.2, 0.25) is 0 Å². The van der Waals surface area contributed by atoms with Crippen LogP contribution in [0, 0.1) is 6.92 Å². The molecular weight excluding hydrogens is 238 g/mol. The summed E-state index contributed by atoms with van der Waals surface area (Å²) in [6.07, 6.45) is 0. The lowest BCUT2D eigenvalue weighted by molar-refractivity contribution is 0.101. The highest BCUT2D eigenvalue weighted by Gasteiger charge is 2.04. The van der Waals surface area contributed by atoms with Crippen molar-refractivity contribution in [2.24, 2.45) is 0 Å². The van der Waals surface area contributed by atoms with Gasteiger partial charge in [0.05, 0.1) is 13.7 Å². The molecule has 3 heteroatoms. The van der Waals surface area contributed by atoms with Crippen LogP contribution in [0.1, 0.15) is 15.9 Å². The van der Waals surface area contributed by atoms with Crippen LogP contribution in [-0.4, -0.2) is 19.4 Å². The van der Waals surface area contributed by atoms with Gasteiger partial charge in [0.15, 0.2) is 5.78 Å². The lowest BCUT2D eigenvalue weighted by Crippen LogP contribution is -2.13. The van der Waals surface area contributed by atoms with Crippen molar-refractivity contribution in [3.05, 3.63) is 59.7 Å². The zero-order valence-electron chi connectivity index (χ0n) is 11.1. The van der Waals surface area contributed by atoms with Gasteiger partial charge < -0.3 is 10.1 Å². The van der Waals surface area contributed by atoms with Crippen LogP contribution in [0.5, 0.6) is 5.75 Å². The third-order valence-corrected chi connectivity index (χ3v) is 2.92. The fourth-order valence-corrected chi connectivity index (χ4v) is 1.73. The van der Waals surface area contributed by atoms with Crippen molar-refractivity contribution in [2.45, 2.75) is 6.92 Å². The van der Waals surface area contributed by atoms with Crippen LogP contribution in [0.2, 0.25) is 0 Å². The van der Waals surface area contributed by atoms with Gasteiger partial charge in [-0.25, -0.2) is 0 Å². The van der Waals surface area contributed by atoms with Gasteiger partial charge >= 0.3 is 0 Å². The van der Waals surface area contributed by atoms with Crippen LogP contribution in [0.4, 0.5) is 5.69 Å². The number of aryl methyl sites for hydroxylation is 1. The molecule has 0 saturated heterocycles.